The highest BCUT2D eigenvalue weighted by Gasteiger charge is 2.04. The third kappa shape index (κ3) is 3.14. The van der Waals surface area contributed by atoms with Gasteiger partial charge < -0.3 is 0 Å². The van der Waals surface area contributed by atoms with Gasteiger partial charge in [-0.15, -0.1) is 0 Å². The molecule has 0 aliphatic rings. The van der Waals surface area contributed by atoms with Crippen LogP contribution >= 0.6 is 15.9 Å². The van der Waals surface area contributed by atoms with Gasteiger partial charge in [-0.1, -0.05) is 26.7 Å². The van der Waals surface area contributed by atoms with E-state index in [4.69, 9.17) is 0 Å². The van der Waals surface area contributed by atoms with E-state index in [1.807, 2.05) is 4.68 Å². The molecule has 0 bridgehead atoms. The molecule has 3 heteroatoms. The first-order chi connectivity index (χ1) is 6.27. The Bertz CT molecular complexity index is 255. The van der Waals surface area contributed by atoms with E-state index in [9.17, 15) is 0 Å². The van der Waals surface area contributed by atoms with E-state index in [1.165, 1.54) is 18.5 Å². The van der Waals surface area contributed by atoms with Gasteiger partial charge >= 0.3 is 0 Å². The number of aromatic nitrogens is 2. The topological polar surface area (TPSA) is 17.8 Å². The average molecular weight is 245 g/mol. The van der Waals surface area contributed by atoms with E-state index < -0.39 is 0 Å². The molecule has 0 atom stereocenters. The van der Waals surface area contributed by atoms with Crippen molar-refractivity contribution < 1.29 is 0 Å². The van der Waals surface area contributed by atoms with Gasteiger partial charge in [0.05, 0.1) is 10.2 Å². The molecule has 0 saturated heterocycles. The fourth-order valence-corrected chi connectivity index (χ4v) is 1.79. The summed E-state index contributed by atoms with van der Waals surface area (Å²) >= 11 is 3.53. The fourth-order valence-electron chi connectivity index (χ4n) is 1.28. The molecule has 0 radical (unpaired) electrons. The number of unbranched alkanes of at least 4 members (excludes halogenated alkanes) is 1. The maximum absolute atomic E-state index is 4.51. The van der Waals surface area contributed by atoms with Gasteiger partial charge in [0, 0.05) is 12.7 Å². The molecule has 0 unspecified atom stereocenters. The normalized spacial score (nSPS) is 10.7. The van der Waals surface area contributed by atoms with E-state index >= 15 is 0 Å². The van der Waals surface area contributed by atoms with E-state index in [0.717, 1.165) is 23.9 Å². The third-order valence-electron chi connectivity index (χ3n) is 2.01. The zero-order valence-corrected chi connectivity index (χ0v) is 9.97. The van der Waals surface area contributed by atoms with Crippen molar-refractivity contribution in [1.29, 1.82) is 0 Å². The van der Waals surface area contributed by atoms with Gasteiger partial charge in [-0.25, -0.2) is 0 Å². The maximum Gasteiger partial charge on any atom is 0.0766 e. The first kappa shape index (κ1) is 10.8. The molecule has 74 valence electrons. The van der Waals surface area contributed by atoms with Crippen molar-refractivity contribution >= 4 is 15.9 Å². The lowest BCUT2D eigenvalue weighted by atomic mass is 10.3. The summed E-state index contributed by atoms with van der Waals surface area (Å²) in [6.07, 6.45) is 6.74. The minimum atomic E-state index is 1.04. The third-order valence-corrected chi connectivity index (χ3v) is 2.68. The van der Waals surface area contributed by atoms with Crippen molar-refractivity contribution in [3.8, 4) is 0 Å². The highest BCUT2D eigenvalue weighted by Crippen LogP contribution is 2.16. The van der Waals surface area contributed by atoms with Crippen LogP contribution in [0.15, 0.2) is 10.7 Å². The molecule has 0 aliphatic carbocycles. The van der Waals surface area contributed by atoms with Gasteiger partial charge in [-0.3, -0.25) is 4.68 Å². The Morgan fingerprint density at radius 2 is 2.15 bits per heavy atom. The Kier molecular flexibility index (Phi) is 4.50. The smallest absolute Gasteiger partial charge is 0.0766 e. The van der Waals surface area contributed by atoms with E-state index in [0.29, 0.717) is 0 Å². The van der Waals surface area contributed by atoms with Crippen molar-refractivity contribution in [3.63, 3.8) is 0 Å². The number of halogens is 1. The molecule has 0 saturated carbocycles. The van der Waals surface area contributed by atoms with Crippen molar-refractivity contribution in [3.05, 3.63) is 16.4 Å². The van der Waals surface area contributed by atoms with Crippen LogP contribution < -0.4 is 0 Å². The molecule has 13 heavy (non-hydrogen) atoms. The van der Waals surface area contributed by atoms with E-state index in [2.05, 4.69) is 41.1 Å². The molecule has 0 N–H and O–H groups in total. The number of nitrogens with zero attached hydrogens (tertiary/aromatic N) is 2. The SMILES string of the molecule is CCCCn1cc(Br)c(CCC)n1. The van der Waals surface area contributed by atoms with Crippen LogP contribution in [0.3, 0.4) is 0 Å². The molecule has 0 amide bonds. The quantitative estimate of drug-likeness (QED) is 0.777. The van der Waals surface area contributed by atoms with Gasteiger partial charge in [0.15, 0.2) is 0 Å². The minimum absolute atomic E-state index is 1.04. The van der Waals surface area contributed by atoms with Crippen LogP contribution in [0.5, 0.6) is 0 Å². The zero-order valence-electron chi connectivity index (χ0n) is 8.39. The molecule has 0 aromatic carbocycles. The summed E-state index contributed by atoms with van der Waals surface area (Å²) < 4.78 is 3.20. The maximum atomic E-state index is 4.51. The van der Waals surface area contributed by atoms with Crippen LogP contribution in [0.25, 0.3) is 0 Å². The Morgan fingerprint density at radius 1 is 1.38 bits per heavy atom. The first-order valence-corrected chi connectivity index (χ1v) is 5.79. The Hall–Kier alpha value is -0.310. The van der Waals surface area contributed by atoms with Crippen LogP contribution in [-0.4, -0.2) is 9.78 Å². The number of rotatable bonds is 5. The molecule has 0 fully saturated rings. The predicted molar refractivity (Wildman–Crippen MR) is 58.8 cm³/mol. The molecule has 0 aliphatic heterocycles. The molecule has 1 aromatic rings. The number of hydrogen-bond donors (Lipinski definition) is 0. The highest BCUT2D eigenvalue weighted by atomic mass is 79.9. The molecule has 1 rings (SSSR count). The molecular weight excluding hydrogens is 228 g/mol. The van der Waals surface area contributed by atoms with Crippen LogP contribution in [-0.2, 0) is 13.0 Å². The second-order valence-corrected chi connectivity index (χ2v) is 4.14. The Labute approximate surface area is 88.5 Å². The van der Waals surface area contributed by atoms with E-state index in [1.54, 1.807) is 0 Å². The molecule has 1 aromatic heterocycles. The Morgan fingerprint density at radius 3 is 2.77 bits per heavy atom. The summed E-state index contributed by atoms with van der Waals surface area (Å²) in [6.45, 7) is 5.42. The van der Waals surface area contributed by atoms with Gasteiger partial charge in [0.25, 0.3) is 0 Å². The monoisotopic (exact) mass is 244 g/mol. The summed E-state index contributed by atoms with van der Waals surface area (Å²) in [5, 5.41) is 4.51. The number of hydrogen-bond acceptors (Lipinski definition) is 1. The summed E-state index contributed by atoms with van der Waals surface area (Å²) in [5.74, 6) is 0. The summed E-state index contributed by atoms with van der Waals surface area (Å²) in [5.41, 5.74) is 1.19. The minimum Gasteiger partial charge on any atom is -0.271 e. The first-order valence-electron chi connectivity index (χ1n) is 4.99. The average Bonchev–Trinajstić information content (AvgIpc) is 2.45. The summed E-state index contributed by atoms with van der Waals surface area (Å²) in [7, 11) is 0. The molecule has 0 spiro atoms. The van der Waals surface area contributed by atoms with Gasteiger partial charge in [0.1, 0.15) is 0 Å². The van der Waals surface area contributed by atoms with Gasteiger partial charge in [0.2, 0.25) is 0 Å². The lowest BCUT2D eigenvalue weighted by molar-refractivity contribution is 0.564. The lowest BCUT2D eigenvalue weighted by Crippen LogP contribution is -1.98. The zero-order chi connectivity index (χ0) is 9.68. The summed E-state index contributed by atoms with van der Waals surface area (Å²) in [4.78, 5) is 0. The second-order valence-electron chi connectivity index (χ2n) is 3.29. The van der Waals surface area contributed by atoms with Crippen LogP contribution in [0.2, 0.25) is 0 Å². The van der Waals surface area contributed by atoms with Crippen LogP contribution in [0, 0.1) is 0 Å². The Balaban J connectivity index is 2.59. The fraction of sp³-hybridized carbons (Fsp3) is 0.700. The van der Waals surface area contributed by atoms with Crippen molar-refractivity contribution in [2.24, 2.45) is 0 Å². The summed E-state index contributed by atoms with van der Waals surface area (Å²) in [6, 6.07) is 0. The molecule has 1 heterocycles. The predicted octanol–water partition coefficient (Wildman–Crippen LogP) is 3.40. The van der Waals surface area contributed by atoms with Crippen LogP contribution in [0.1, 0.15) is 38.8 Å². The van der Waals surface area contributed by atoms with Crippen molar-refractivity contribution in [2.45, 2.75) is 46.1 Å². The highest BCUT2D eigenvalue weighted by molar-refractivity contribution is 9.10. The standard InChI is InChI=1S/C10H17BrN2/c1-3-5-7-13-8-9(11)10(12-13)6-4-2/h8H,3-7H2,1-2H3. The van der Waals surface area contributed by atoms with Gasteiger partial charge in [-0.05, 0) is 28.8 Å². The molecular formula is C10H17BrN2. The second kappa shape index (κ2) is 5.43. The van der Waals surface area contributed by atoms with E-state index in [-0.39, 0.29) is 0 Å². The number of aryl methyl sites for hydroxylation is 2. The van der Waals surface area contributed by atoms with Crippen molar-refractivity contribution in [1.82, 2.24) is 9.78 Å². The van der Waals surface area contributed by atoms with Crippen molar-refractivity contribution in [2.75, 3.05) is 0 Å². The van der Waals surface area contributed by atoms with Crippen LogP contribution in [0.4, 0.5) is 0 Å². The van der Waals surface area contributed by atoms with Gasteiger partial charge in [-0.2, -0.15) is 5.10 Å². The largest absolute Gasteiger partial charge is 0.271 e. The lowest BCUT2D eigenvalue weighted by Gasteiger charge is -1.97. The molecule has 2 nitrogen and oxygen atoms in total.